The summed E-state index contributed by atoms with van der Waals surface area (Å²) >= 11 is 0. The molecular formula is C9H13NO3. The van der Waals surface area contributed by atoms with Gasteiger partial charge in [0, 0.05) is 7.05 Å². The van der Waals surface area contributed by atoms with Crippen LogP contribution in [0.3, 0.4) is 0 Å². The topological polar surface area (TPSA) is 38.8 Å². The van der Waals surface area contributed by atoms with Gasteiger partial charge in [0.2, 0.25) is 0 Å². The van der Waals surface area contributed by atoms with Gasteiger partial charge < -0.3 is 14.4 Å². The third-order valence-corrected chi connectivity index (χ3v) is 1.71. The first kappa shape index (κ1) is 9.87. The van der Waals surface area contributed by atoms with Gasteiger partial charge in [0.05, 0.1) is 13.2 Å². The van der Waals surface area contributed by atoms with Gasteiger partial charge in [-0.05, 0) is 6.92 Å². The van der Waals surface area contributed by atoms with Crippen molar-refractivity contribution in [3.05, 3.63) is 0 Å². The van der Waals surface area contributed by atoms with Gasteiger partial charge in [-0.3, -0.25) is 0 Å². The van der Waals surface area contributed by atoms with Crippen molar-refractivity contribution in [1.29, 1.82) is 0 Å². The maximum Gasteiger partial charge on any atom is 0.410 e. The Labute approximate surface area is 77.8 Å². The molecule has 0 radical (unpaired) electrons. The van der Waals surface area contributed by atoms with Crippen molar-refractivity contribution in [3.63, 3.8) is 0 Å². The molecule has 4 heteroatoms. The lowest BCUT2D eigenvalue weighted by molar-refractivity contribution is 0.0597. The zero-order valence-corrected chi connectivity index (χ0v) is 7.87. The Morgan fingerprint density at radius 2 is 2.54 bits per heavy atom. The number of amides is 1. The van der Waals surface area contributed by atoms with E-state index >= 15 is 0 Å². The molecule has 4 nitrogen and oxygen atoms in total. The van der Waals surface area contributed by atoms with E-state index in [0.717, 1.165) is 0 Å². The van der Waals surface area contributed by atoms with Gasteiger partial charge in [0.25, 0.3) is 0 Å². The lowest BCUT2D eigenvalue weighted by atomic mass is 10.4. The summed E-state index contributed by atoms with van der Waals surface area (Å²) < 4.78 is 10.1. The van der Waals surface area contributed by atoms with E-state index in [4.69, 9.17) is 9.47 Å². The van der Waals surface area contributed by atoms with E-state index in [-0.39, 0.29) is 12.2 Å². The lowest BCUT2D eigenvalue weighted by Crippen LogP contribution is -2.22. The van der Waals surface area contributed by atoms with Gasteiger partial charge in [-0.15, -0.1) is 5.92 Å². The molecule has 1 fully saturated rings. The molecule has 0 bridgehead atoms. The Morgan fingerprint density at radius 1 is 1.77 bits per heavy atom. The SMILES string of the molecule is CC#CCOCC1CN(C)C(=O)O1. The summed E-state index contributed by atoms with van der Waals surface area (Å²) in [6.07, 6.45) is -0.425. The van der Waals surface area contributed by atoms with Crippen LogP contribution in [0, 0.1) is 11.8 Å². The average molecular weight is 183 g/mol. The van der Waals surface area contributed by atoms with E-state index in [1.807, 2.05) is 0 Å². The highest BCUT2D eigenvalue weighted by molar-refractivity contribution is 5.69. The Bertz CT molecular complexity index is 241. The molecule has 1 aliphatic rings. The Hall–Kier alpha value is -1.21. The number of carbonyl (C=O) groups is 1. The van der Waals surface area contributed by atoms with Crippen LogP contribution in [0.1, 0.15) is 6.92 Å². The summed E-state index contributed by atoms with van der Waals surface area (Å²) in [7, 11) is 1.70. The molecule has 13 heavy (non-hydrogen) atoms. The predicted molar refractivity (Wildman–Crippen MR) is 47.2 cm³/mol. The molecule has 1 aliphatic heterocycles. The molecular weight excluding hydrogens is 170 g/mol. The highest BCUT2D eigenvalue weighted by Crippen LogP contribution is 2.08. The van der Waals surface area contributed by atoms with Crippen LogP contribution in [0.25, 0.3) is 0 Å². The monoisotopic (exact) mass is 183 g/mol. The van der Waals surface area contributed by atoms with Crippen LogP contribution in [-0.2, 0) is 9.47 Å². The van der Waals surface area contributed by atoms with E-state index in [1.165, 1.54) is 4.90 Å². The third-order valence-electron chi connectivity index (χ3n) is 1.71. The fourth-order valence-corrected chi connectivity index (χ4v) is 1.05. The van der Waals surface area contributed by atoms with Gasteiger partial charge in [-0.1, -0.05) is 5.92 Å². The quantitative estimate of drug-likeness (QED) is 0.472. The molecule has 0 spiro atoms. The molecule has 1 atom stereocenters. The molecule has 1 rings (SSSR count). The highest BCUT2D eigenvalue weighted by Gasteiger charge is 2.27. The minimum absolute atomic E-state index is 0.142. The second kappa shape index (κ2) is 4.73. The molecule has 1 amide bonds. The van der Waals surface area contributed by atoms with Crippen LogP contribution in [0.2, 0.25) is 0 Å². The number of hydrogen-bond donors (Lipinski definition) is 0. The smallest absolute Gasteiger partial charge is 0.410 e. The molecule has 1 heterocycles. The summed E-state index contributed by atoms with van der Waals surface area (Å²) in [6.45, 7) is 3.17. The van der Waals surface area contributed by atoms with Crippen LogP contribution in [0.4, 0.5) is 4.79 Å². The molecule has 0 aliphatic carbocycles. The summed E-state index contributed by atoms with van der Waals surface area (Å²) in [5.41, 5.74) is 0. The number of rotatable bonds is 3. The third kappa shape index (κ3) is 2.96. The van der Waals surface area contributed by atoms with Crippen molar-refractivity contribution in [2.75, 3.05) is 26.8 Å². The first-order valence-electron chi connectivity index (χ1n) is 4.13. The standard InChI is InChI=1S/C9H13NO3/c1-3-4-5-12-7-8-6-10(2)9(11)13-8/h8H,5-7H2,1-2H3. The van der Waals surface area contributed by atoms with Gasteiger partial charge in [-0.2, -0.15) is 0 Å². The molecule has 0 aromatic carbocycles. The summed E-state index contributed by atoms with van der Waals surface area (Å²) in [6, 6.07) is 0. The van der Waals surface area contributed by atoms with Crippen molar-refractivity contribution in [1.82, 2.24) is 4.90 Å². The first-order chi connectivity index (χ1) is 6.24. The van der Waals surface area contributed by atoms with Gasteiger partial charge in [-0.25, -0.2) is 4.79 Å². The number of carbonyl (C=O) groups excluding carboxylic acids is 1. The molecule has 0 aromatic heterocycles. The number of likely N-dealkylation sites (N-methyl/N-ethyl adjacent to an activating group) is 1. The molecule has 1 unspecified atom stereocenters. The van der Waals surface area contributed by atoms with E-state index in [1.54, 1.807) is 14.0 Å². The molecule has 0 N–H and O–H groups in total. The van der Waals surface area contributed by atoms with E-state index in [9.17, 15) is 4.79 Å². The highest BCUT2D eigenvalue weighted by atomic mass is 16.6. The Morgan fingerprint density at radius 3 is 3.08 bits per heavy atom. The fourth-order valence-electron chi connectivity index (χ4n) is 1.05. The van der Waals surface area contributed by atoms with E-state index < -0.39 is 0 Å². The van der Waals surface area contributed by atoms with Crippen LogP contribution in [0.5, 0.6) is 0 Å². The normalized spacial score (nSPS) is 20.9. The van der Waals surface area contributed by atoms with Gasteiger partial charge in [0.1, 0.15) is 12.7 Å². The van der Waals surface area contributed by atoms with Crippen molar-refractivity contribution in [2.24, 2.45) is 0 Å². The van der Waals surface area contributed by atoms with E-state index in [0.29, 0.717) is 19.8 Å². The molecule has 1 saturated heterocycles. The Kier molecular flexibility index (Phi) is 3.59. The van der Waals surface area contributed by atoms with Crippen LogP contribution in [-0.4, -0.2) is 43.9 Å². The van der Waals surface area contributed by atoms with Crippen LogP contribution in [0.15, 0.2) is 0 Å². The van der Waals surface area contributed by atoms with Crippen molar-refractivity contribution >= 4 is 6.09 Å². The summed E-state index contributed by atoms with van der Waals surface area (Å²) in [4.78, 5) is 12.4. The van der Waals surface area contributed by atoms with E-state index in [2.05, 4.69) is 11.8 Å². The van der Waals surface area contributed by atoms with Crippen LogP contribution >= 0.6 is 0 Å². The number of nitrogens with zero attached hydrogens (tertiary/aromatic N) is 1. The van der Waals surface area contributed by atoms with Gasteiger partial charge in [0.15, 0.2) is 0 Å². The first-order valence-corrected chi connectivity index (χ1v) is 4.13. The predicted octanol–water partition coefficient (Wildman–Crippen LogP) is 0.477. The summed E-state index contributed by atoms with van der Waals surface area (Å²) in [5, 5.41) is 0. The minimum Gasteiger partial charge on any atom is -0.442 e. The Balaban J connectivity index is 2.16. The maximum absolute atomic E-state index is 10.9. The number of ether oxygens (including phenoxy) is 2. The van der Waals surface area contributed by atoms with Crippen LogP contribution < -0.4 is 0 Å². The van der Waals surface area contributed by atoms with Gasteiger partial charge >= 0.3 is 6.09 Å². The zero-order chi connectivity index (χ0) is 9.68. The average Bonchev–Trinajstić information content (AvgIpc) is 2.41. The fraction of sp³-hybridized carbons (Fsp3) is 0.667. The van der Waals surface area contributed by atoms with Crippen molar-refractivity contribution < 1.29 is 14.3 Å². The second-order valence-corrected chi connectivity index (χ2v) is 2.83. The molecule has 72 valence electrons. The zero-order valence-electron chi connectivity index (χ0n) is 7.87. The molecule has 0 aromatic rings. The maximum atomic E-state index is 10.9. The second-order valence-electron chi connectivity index (χ2n) is 2.83. The number of hydrogen-bond acceptors (Lipinski definition) is 3. The summed E-state index contributed by atoms with van der Waals surface area (Å²) in [5.74, 6) is 5.49. The number of cyclic esters (lactones) is 1. The largest absolute Gasteiger partial charge is 0.442 e. The molecule has 0 saturated carbocycles. The van der Waals surface area contributed by atoms with Crippen molar-refractivity contribution in [3.8, 4) is 11.8 Å². The minimum atomic E-state index is -0.282. The van der Waals surface area contributed by atoms with Crippen molar-refractivity contribution in [2.45, 2.75) is 13.0 Å². The lowest BCUT2D eigenvalue weighted by Gasteiger charge is -2.06.